The monoisotopic (exact) mass is 315 g/mol. The Morgan fingerprint density at radius 1 is 1.28 bits per heavy atom. The Bertz CT molecular complexity index is 462. The van der Waals surface area contributed by atoms with Gasteiger partial charge in [-0.15, -0.1) is 0 Å². The molecular formula is C12H14BrNO4. The molecule has 1 heterocycles. The van der Waals surface area contributed by atoms with E-state index in [4.69, 9.17) is 4.42 Å². The molecule has 0 spiro atoms. The van der Waals surface area contributed by atoms with Gasteiger partial charge in [-0.1, -0.05) is 19.3 Å². The molecule has 98 valence electrons. The van der Waals surface area contributed by atoms with Gasteiger partial charge in [0, 0.05) is 0 Å². The van der Waals surface area contributed by atoms with E-state index in [1.165, 1.54) is 6.07 Å². The maximum atomic E-state index is 11.9. The van der Waals surface area contributed by atoms with Crippen LogP contribution in [0.15, 0.2) is 21.2 Å². The van der Waals surface area contributed by atoms with Crippen molar-refractivity contribution in [2.45, 2.75) is 37.6 Å². The van der Waals surface area contributed by atoms with Crippen molar-refractivity contribution >= 4 is 27.8 Å². The number of halogens is 1. The number of hydrogen-bond acceptors (Lipinski definition) is 3. The minimum absolute atomic E-state index is 0.119. The smallest absolute Gasteiger partial charge is 0.329 e. The molecule has 2 N–H and O–H groups in total. The summed E-state index contributed by atoms with van der Waals surface area (Å²) < 4.78 is 5.57. The van der Waals surface area contributed by atoms with Crippen LogP contribution in [0.5, 0.6) is 0 Å². The summed E-state index contributed by atoms with van der Waals surface area (Å²) in [6.45, 7) is 0. The fourth-order valence-electron chi connectivity index (χ4n) is 2.26. The van der Waals surface area contributed by atoms with Crippen LogP contribution in [0.25, 0.3) is 0 Å². The molecular weight excluding hydrogens is 302 g/mol. The summed E-state index contributed by atoms with van der Waals surface area (Å²) in [6, 6.07) is 3.11. The van der Waals surface area contributed by atoms with Crippen molar-refractivity contribution in [3.05, 3.63) is 22.6 Å². The molecule has 1 fully saturated rings. The van der Waals surface area contributed by atoms with Gasteiger partial charge in [0.15, 0.2) is 10.4 Å². The first-order chi connectivity index (χ1) is 8.53. The summed E-state index contributed by atoms with van der Waals surface area (Å²) >= 11 is 3.11. The molecule has 0 aromatic carbocycles. The minimum Gasteiger partial charge on any atom is -0.480 e. The van der Waals surface area contributed by atoms with Crippen LogP contribution in [0.1, 0.15) is 42.7 Å². The maximum absolute atomic E-state index is 11.9. The Balaban J connectivity index is 2.14. The van der Waals surface area contributed by atoms with Crippen molar-refractivity contribution in [1.29, 1.82) is 0 Å². The molecule has 6 heteroatoms. The lowest BCUT2D eigenvalue weighted by Gasteiger charge is -2.33. The standard InChI is InChI=1S/C12H14BrNO4/c13-9-5-4-8(18-9)10(15)14-12(11(16)17)6-2-1-3-7-12/h4-5H,1-3,6-7H2,(H,14,15)(H,16,17). The largest absolute Gasteiger partial charge is 0.480 e. The van der Waals surface area contributed by atoms with Crippen LogP contribution in [0.2, 0.25) is 0 Å². The molecule has 1 aliphatic carbocycles. The zero-order valence-corrected chi connectivity index (χ0v) is 11.3. The Hall–Kier alpha value is -1.30. The molecule has 0 unspecified atom stereocenters. The summed E-state index contributed by atoms with van der Waals surface area (Å²) in [5.41, 5.74) is -1.14. The van der Waals surface area contributed by atoms with E-state index in [9.17, 15) is 14.7 Å². The topological polar surface area (TPSA) is 79.5 Å². The van der Waals surface area contributed by atoms with Crippen molar-refractivity contribution in [3.8, 4) is 0 Å². The predicted octanol–water partition coefficient (Wildman–Crippen LogP) is 2.56. The van der Waals surface area contributed by atoms with Gasteiger partial charge in [-0.2, -0.15) is 0 Å². The van der Waals surface area contributed by atoms with Crippen molar-refractivity contribution in [1.82, 2.24) is 5.32 Å². The number of rotatable bonds is 3. The minimum atomic E-state index is -1.14. The number of carboxylic acid groups (broad SMARTS) is 1. The van der Waals surface area contributed by atoms with E-state index in [0.717, 1.165) is 19.3 Å². The Labute approximate surface area is 113 Å². The second kappa shape index (κ2) is 5.14. The third-order valence-corrected chi connectivity index (χ3v) is 3.69. The summed E-state index contributed by atoms with van der Waals surface area (Å²) in [7, 11) is 0. The molecule has 1 aliphatic rings. The highest BCUT2D eigenvalue weighted by molar-refractivity contribution is 9.10. The van der Waals surface area contributed by atoms with Gasteiger partial charge < -0.3 is 14.8 Å². The average Bonchev–Trinajstić information content (AvgIpc) is 2.77. The highest BCUT2D eigenvalue weighted by Gasteiger charge is 2.41. The zero-order valence-electron chi connectivity index (χ0n) is 9.74. The number of hydrogen-bond donors (Lipinski definition) is 2. The Morgan fingerprint density at radius 2 is 1.94 bits per heavy atom. The second-order valence-electron chi connectivity index (χ2n) is 4.51. The quantitative estimate of drug-likeness (QED) is 0.898. The molecule has 0 radical (unpaired) electrons. The highest BCUT2D eigenvalue weighted by Crippen LogP contribution is 2.29. The third-order valence-electron chi connectivity index (χ3n) is 3.27. The van der Waals surface area contributed by atoms with Crippen LogP contribution < -0.4 is 5.32 Å². The molecule has 18 heavy (non-hydrogen) atoms. The average molecular weight is 316 g/mol. The number of carbonyl (C=O) groups excluding carboxylic acids is 1. The number of carbonyl (C=O) groups is 2. The summed E-state index contributed by atoms with van der Waals surface area (Å²) in [5.74, 6) is -1.33. The van der Waals surface area contributed by atoms with Crippen LogP contribution in [-0.4, -0.2) is 22.5 Å². The lowest BCUT2D eigenvalue weighted by atomic mass is 9.81. The van der Waals surface area contributed by atoms with Gasteiger partial charge in [0.25, 0.3) is 5.91 Å². The molecule has 0 saturated heterocycles. The van der Waals surface area contributed by atoms with E-state index < -0.39 is 17.4 Å². The van der Waals surface area contributed by atoms with Crippen molar-refractivity contribution in [2.24, 2.45) is 0 Å². The van der Waals surface area contributed by atoms with Gasteiger partial charge in [0.2, 0.25) is 0 Å². The fraction of sp³-hybridized carbons (Fsp3) is 0.500. The van der Waals surface area contributed by atoms with Gasteiger partial charge in [-0.3, -0.25) is 4.79 Å². The van der Waals surface area contributed by atoms with Gasteiger partial charge in [0.05, 0.1) is 0 Å². The number of furan rings is 1. The lowest BCUT2D eigenvalue weighted by molar-refractivity contribution is -0.145. The van der Waals surface area contributed by atoms with Crippen molar-refractivity contribution in [2.75, 3.05) is 0 Å². The van der Waals surface area contributed by atoms with Gasteiger partial charge in [0.1, 0.15) is 5.54 Å². The van der Waals surface area contributed by atoms with E-state index in [1.54, 1.807) is 6.07 Å². The van der Waals surface area contributed by atoms with E-state index in [-0.39, 0.29) is 5.76 Å². The Kier molecular flexibility index (Phi) is 3.75. The van der Waals surface area contributed by atoms with E-state index in [1.807, 2.05) is 0 Å². The molecule has 1 aromatic rings. The van der Waals surface area contributed by atoms with Crippen molar-refractivity contribution in [3.63, 3.8) is 0 Å². The normalized spacial score (nSPS) is 18.3. The molecule has 0 atom stereocenters. The van der Waals surface area contributed by atoms with E-state index in [2.05, 4.69) is 21.2 Å². The summed E-state index contributed by atoms with van der Waals surface area (Å²) in [6.07, 6.45) is 3.58. The van der Waals surface area contributed by atoms with Gasteiger partial charge in [-0.05, 0) is 40.9 Å². The van der Waals surface area contributed by atoms with Crippen LogP contribution in [0.4, 0.5) is 0 Å². The van der Waals surface area contributed by atoms with E-state index in [0.29, 0.717) is 17.5 Å². The van der Waals surface area contributed by atoms with Gasteiger partial charge >= 0.3 is 5.97 Å². The molecule has 1 aromatic heterocycles. The highest BCUT2D eigenvalue weighted by atomic mass is 79.9. The van der Waals surface area contributed by atoms with E-state index >= 15 is 0 Å². The van der Waals surface area contributed by atoms with Crippen LogP contribution in [-0.2, 0) is 4.79 Å². The summed E-state index contributed by atoms with van der Waals surface area (Å²) in [5, 5.41) is 11.9. The fourth-order valence-corrected chi connectivity index (χ4v) is 2.57. The number of carboxylic acids is 1. The zero-order chi connectivity index (χ0) is 13.2. The molecule has 1 saturated carbocycles. The Morgan fingerprint density at radius 3 is 2.44 bits per heavy atom. The summed E-state index contributed by atoms with van der Waals surface area (Å²) in [4.78, 5) is 23.3. The second-order valence-corrected chi connectivity index (χ2v) is 5.29. The third kappa shape index (κ3) is 2.58. The molecule has 2 rings (SSSR count). The SMILES string of the molecule is O=C(NC1(C(=O)O)CCCCC1)c1ccc(Br)o1. The number of aliphatic carboxylic acids is 1. The molecule has 0 aliphatic heterocycles. The number of nitrogens with one attached hydrogen (secondary N) is 1. The maximum Gasteiger partial charge on any atom is 0.329 e. The van der Waals surface area contributed by atoms with Crippen LogP contribution >= 0.6 is 15.9 Å². The first kappa shape index (κ1) is 13.1. The first-order valence-corrected chi connectivity index (χ1v) is 6.64. The molecule has 0 bridgehead atoms. The predicted molar refractivity (Wildman–Crippen MR) is 67.3 cm³/mol. The number of amides is 1. The van der Waals surface area contributed by atoms with Crippen molar-refractivity contribution < 1.29 is 19.1 Å². The first-order valence-electron chi connectivity index (χ1n) is 5.85. The van der Waals surface area contributed by atoms with Crippen LogP contribution in [0, 0.1) is 0 Å². The van der Waals surface area contributed by atoms with Gasteiger partial charge in [-0.25, -0.2) is 4.79 Å². The lowest BCUT2D eigenvalue weighted by Crippen LogP contribution is -2.55. The molecule has 1 amide bonds. The molecule has 5 nitrogen and oxygen atoms in total. The van der Waals surface area contributed by atoms with Crippen LogP contribution in [0.3, 0.4) is 0 Å².